The molecule has 0 aromatic carbocycles. The topological polar surface area (TPSA) is 104 Å². The van der Waals surface area contributed by atoms with Crippen molar-refractivity contribution in [3.05, 3.63) is 23.4 Å². The van der Waals surface area contributed by atoms with Crippen molar-refractivity contribution in [2.75, 3.05) is 32.2 Å². The average Bonchev–Trinajstić information content (AvgIpc) is 2.37. The molecule has 1 atom stereocenters. The summed E-state index contributed by atoms with van der Waals surface area (Å²) in [4.78, 5) is 5.96. The molecule has 0 saturated carbocycles. The summed E-state index contributed by atoms with van der Waals surface area (Å²) in [5, 5.41) is 21.6. The van der Waals surface area contributed by atoms with Gasteiger partial charge in [0.15, 0.2) is 5.84 Å². The monoisotopic (exact) mass is 268 g/mol. The predicted octanol–water partition coefficient (Wildman–Crippen LogP) is -0.0720. The molecule has 0 fully saturated rings. The quantitative estimate of drug-likeness (QED) is 0.289. The molecule has 1 aromatic rings. The van der Waals surface area contributed by atoms with E-state index in [1.807, 2.05) is 6.92 Å². The van der Waals surface area contributed by atoms with Crippen LogP contribution in [-0.4, -0.2) is 54.5 Å². The summed E-state index contributed by atoms with van der Waals surface area (Å²) in [6, 6.07) is 1.77. The number of aliphatic hydroxyl groups is 1. The standard InChI is InChI=1S/C12H20N4O3/c1-8-4-5-14-12(10(8)11(13)15-18)16(2)6-9(17)7-19-3/h4-5,9,17-18H,6-7H2,1-3H3,(H2,13,15). The fourth-order valence-corrected chi connectivity index (χ4v) is 1.85. The van der Waals surface area contributed by atoms with E-state index in [-0.39, 0.29) is 12.4 Å². The number of likely N-dealkylation sites (N-methyl/N-ethyl adjacent to an activating group) is 1. The first kappa shape index (κ1) is 15.2. The number of pyridine rings is 1. The van der Waals surface area contributed by atoms with Crippen LogP contribution in [0.2, 0.25) is 0 Å². The maximum atomic E-state index is 9.73. The number of nitrogens with two attached hydrogens (primary N) is 1. The SMILES string of the molecule is COCC(O)CN(C)c1nccc(C)c1/C(N)=N/O. The third-order valence-corrected chi connectivity index (χ3v) is 2.71. The first-order valence-corrected chi connectivity index (χ1v) is 5.82. The number of ether oxygens (including phenoxy) is 1. The molecule has 1 heterocycles. The molecule has 0 saturated heterocycles. The molecule has 4 N–H and O–H groups in total. The van der Waals surface area contributed by atoms with Crippen LogP contribution in [0, 0.1) is 6.92 Å². The van der Waals surface area contributed by atoms with E-state index in [1.54, 1.807) is 24.2 Å². The number of anilines is 1. The van der Waals surface area contributed by atoms with Crippen LogP contribution in [0.4, 0.5) is 5.82 Å². The molecule has 106 valence electrons. The number of aromatic nitrogens is 1. The molecule has 0 aliphatic rings. The van der Waals surface area contributed by atoms with Gasteiger partial charge in [0, 0.05) is 26.9 Å². The van der Waals surface area contributed by atoms with Gasteiger partial charge in [-0.1, -0.05) is 5.16 Å². The van der Waals surface area contributed by atoms with Crippen molar-refractivity contribution in [2.24, 2.45) is 10.9 Å². The third-order valence-electron chi connectivity index (χ3n) is 2.71. The van der Waals surface area contributed by atoms with Crippen LogP contribution < -0.4 is 10.6 Å². The predicted molar refractivity (Wildman–Crippen MR) is 72.6 cm³/mol. The van der Waals surface area contributed by atoms with Crippen molar-refractivity contribution in [3.63, 3.8) is 0 Å². The summed E-state index contributed by atoms with van der Waals surface area (Å²) in [7, 11) is 3.30. The van der Waals surface area contributed by atoms with Crippen LogP contribution in [0.25, 0.3) is 0 Å². The van der Waals surface area contributed by atoms with Crippen molar-refractivity contribution >= 4 is 11.7 Å². The summed E-state index contributed by atoms with van der Waals surface area (Å²) >= 11 is 0. The minimum Gasteiger partial charge on any atom is -0.409 e. The molecule has 1 aromatic heterocycles. The van der Waals surface area contributed by atoms with E-state index in [1.165, 1.54) is 7.11 Å². The molecule has 0 bridgehead atoms. The number of nitrogens with zero attached hydrogens (tertiary/aromatic N) is 3. The lowest BCUT2D eigenvalue weighted by Gasteiger charge is -2.24. The number of hydrogen-bond donors (Lipinski definition) is 3. The number of aliphatic hydroxyl groups excluding tert-OH is 1. The fourth-order valence-electron chi connectivity index (χ4n) is 1.85. The van der Waals surface area contributed by atoms with E-state index in [4.69, 9.17) is 15.7 Å². The Bertz CT molecular complexity index is 451. The van der Waals surface area contributed by atoms with Crippen molar-refractivity contribution in [1.82, 2.24) is 4.98 Å². The Labute approximate surface area is 112 Å². The second kappa shape index (κ2) is 6.91. The van der Waals surface area contributed by atoms with Gasteiger partial charge in [-0.3, -0.25) is 0 Å². The van der Waals surface area contributed by atoms with Gasteiger partial charge in [-0.2, -0.15) is 0 Å². The zero-order chi connectivity index (χ0) is 14.4. The number of amidine groups is 1. The molecule has 0 aliphatic heterocycles. The van der Waals surface area contributed by atoms with E-state index in [0.717, 1.165) is 5.56 Å². The van der Waals surface area contributed by atoms with Crippen LogP contribution in [0.5, 0.6) is 0 Å². The maximum Gasteiger partial charge on any atom is 0.174 e. The van der Waals surface area contributed by atoms with Gasteiger partial charge in [-0.15, -0.1) is 0 Å². The maximum absolute atomic E-state index is 9.73. The van der Waals surface area contributed by atoms with E-state index in [2.05, 4.69) is 10.1 Å². The Hall–Kier alpha value is -1.86. The Morgan fingerprint density at radius 1 is 1.63 bits per heavy atom. The molecule has 0 amide bonds. The minimum absolute atomic E-state index is 0.00585. The number of aryl methyl sites for hydroxylation is 1. The van der Waals surface area contributed by atoms with E-state index in [9.17, 15) is 5.11 Å². The Balaban J connectivity index is 3.03. The van der Waals surface area contributed by atoms with Crippen molar-refractivity contribution in [2.45, 2.75) is 13.0 Å². The highest BCUT2D eigenvalue weighted by molar-refractivity contribution is 6.02. The van der Waals surface area contributed by atoms with Gasteiger partial charge in [-0.25, -0.2) is 4.98 Å². The first-order valence-electron chi connectivity index (χ1n) is 5.82. The molecule has 7 heteroatoms. The number of methoxy groups -OCH3 is 1. The fraction of sp³-hybridized carbons (Fsp3) is 0.500. The normalized spacial score (nSPS) is 13.4. The summed E-state index contributed by atoms with van der Waals surface area (Å²) in [5.41, 5.74) is 7.06. The molecular formula is C12H20N4O3. The zero-order valence-electron chi connectivity index (χ0n) is 11.4. The number of rotatable bonds is 6. The lowest BCUT2D eigenvalue weighted by atomic mass is 10.1. The van der Waals surface area contributed by atoms with Gasteiger partial charge in [0.25, 0.3) is 0 Å². The number of oxime groups is 1. The summed E-state index contributed by atoms with van der Waals surface area (Å²) in [6.45, 7) is 2.41. The van der Waals surface area contributed by atoms with Gasteiger partial charge in [-0.05, 0) is 18.6 Å². The van der Waals surface area contributed by atoms with Crippen molar-refractivity contribution in [1.29, 1.82) is 0 Å². The van der Waals surface area contributed by atoms with Crippen LogP contribution in [0.3, 0.4) is 0 Å². The molecule has 19 heavy (non-hydrogen) atoms. The second-order valence-electron chi connectivity index (χ2n) is 4.30. The Morgan fingerprint density at radius 2 is 2.32 bits per heavy atom. The highest BCUT2D eigenvalue weighted by Gasteiger charge is 2.17. The summed E-state index contributed by atoms with van der Waals surface area (Å²) in [6.07, 6.45) is 0.996. The largest absolute Gasteiger partial charge is 0.409 e. The van der Waals surface area contributed by atoms with Gasteiger partial charge in [0.1, 0.15) is 5.82 Å². The zero-order valence-corrected chi connectivity index (χ0v) is 11.4. The smallest absolute Gasteiger partial charge is 0.174 e. The summed E-state index contributed by atoms with van der Waals surface area (Å²) in [5.74, 6) is 0.541. The highest BCUT2D eigenvalue weighted by Crippen LogP contribution is 2.19. The lowest BCUT2D eigenvalue weighted by molar-refractivity contribution is 0.0694. The molecule has 0 spiro atoms. The highest BCUT2D eigenvalue weighted by atomic mass is 16.5. The number of hydrogen-bond acceptors (Lipinski definition) is 6. The lowest BCUT2D eigenvalue weighted by Crippen LogP contribution is -2.34. The summed E-state index contributed by atoms with van der Waals surface area (Å²) < 4.78 is 4.88. The van der Waals surface area contributed by atoms with E-state index < -0.39 is 6.10 Å². The van der Waals surface area contributed by atoms with Gasteiger partial charge in [0.05, 0.1) is 18.3 Å². The molecule has 1 unspecified atom stereocenters. The van der Waals surface area contributed by atoms with Crippen molar-refractivity contribution in [3.8, 4) is 0 Å². The molecule has 1 rings (SSSR count). The molecule has 0 aliphatic carbocycles. The third kappa shape index (κ3) is 3.80. The Kier molecular flexibility index (Phi) is 5.53. The van der Waals surface area contributed by atoms with E-state index in [0.29, 0.717) is 17.9 Å². The van der Waals surface area contributed by atoms with Gasteiger partial charge in [0.2, 0.25) is 0 Å². The minimum atomic E-state index is -0.641. The van der Waals surface area contributed by atoms with Gasteiger partial charge >= 0.3 is 0 Å². The van der Waals surface area contributed by atoms with Crippen molar-refractivity contribution < 1.29 is 15.1 Å². The van der Waals surface area contributed by atoms with Crippen LogP contribution in [0.15, 0.2) is 17.4 Å². The van der Waals surface area contributed by atoms with Gasteiger partial charge < -0.3 is 25.7 Å². The first-order chi connectivity index (χ1) is 9.01. The molecule has 0 radical (unpaired) electrons. The molecule has 7 nitrogen and oxygen atoms in total. The average molecular weight is 268 g/mol. The van der Waals surface area contributed by atoms with Crippen LogP contribution in [0.1, 0.15) is 11.1 Å². The molecular weight excluding hydrogens is 248 g/mol. The van der Waals surface area contributed by atoms with Crippen LogP contribution in [-0.2, 0) is 4.74 Å². The van der Waals surface area contributed by atoms with E-state index >= 15 is 0 Å². The Morgan fingerprint density at radius 3 is 2.89 bits per heavy atom. The van der Waals surface area contributed by atoms with Crippen LogP contribution >= 0.6 is 0 Å². The second-order valence-corrected chi connectivity index (χ2v) is 4.30.